The molecule has 0 bridgehead atoms. The van der Waals surface area contributed by atoms with Gasteiger partial charge >= 0.3 is 0 Å². The Bertz CT molecular complexity index is 1310. The van der Waals surface area contributed by atoms with Gasteiger partial charge in [-0.3, -0.25) is 9.69 Å². The maximum absolute atomic E-state index is 13.1. The lowest BCUT2D eigenvalue weighted by Crippen LogP contribution is -2.49. The van der Waals surface area contributed by atoms with Crippen LogP contribution in [-0.4, -0.2) is 56.7 Å². The molecule has 0 saturated carbocycles. The van der Waals surface area contributed by atoms with E-state index in [1.807, 2.05) is 54.3 Å². The van der Waals surface area contributed by atoms with Crippen molar-refractivity contribution >= 4 is 40.1 Å². The molecule has 8 heteroatoms. The van der Waals surface area contributed by atoms with E-state index in [1.54, 1.807) is 10.9 Å². The van der Waals surface area contributed by atoms with Crippen LogP contribution < -0.4 is 0 Å². The number of hydrogen-bond donors (Lipinski definition) is 0. The van der Waals surface area contributed by atoms with Crippen LogP contribution in [0.5, 0.6) is 0 Å². The van der Waals surface area contributed by atoms with Gasteiger partial charge in [-0.05, 0) is 36.2 Å². The van der Waals surface area contributed by atoms with Crippen molar-refractivity contribution in [2.75, 3.05) is 26.2 Å². The predicted molar refractivity (Wildman–Crippen MR) is 136 cm³/mol. The molecule has 2 aromatic heterocycles. The standard InChI is InChI=1S/C26H25Cl2N5O/c1-18-25-20(19-6-3-2-4-7-19)10-11-29-26(25)33(30-18)17-24(34)32-14-12-31(13-15-32)16-21-22(27)8-5-9-23(21)28/h2-11H,12-17H2,1H3. The second kappa shape index (κ2) is 9.74. The fourth-order valence-corrected chi connectivity index (χ4v) is 5.06. The zero-order chi connectivity index (χ0) is 23.7. The van der Waals surface area contributed by atoms with E-state index in [4.69, 9.17) is 23.2 Å². The van der Waals surface area contributed by atoms with Crippen LogP contribution in [-0.2, 0) is 17.9 Å². The van der Waals surface area contributed by atoms with E-state index >= 15 is 0 Å². The number of amides is 1. The van der Waals surface area contributed by atoms with Crippen LogP contribution in [0.2, 0.25) is 10.0 Å². The lowest BCUT2D eigenvalue weighted by molar-refractivity contribution is -0.133. The predicted octanol–water partition coefficient (Wildman–Crippen LogP) is 5.06. The van der Waals surface area contributed by atoms with E-state index in [-0.39, 0.29) is 12.5 Å². The second-order valence-corrected chi connectivity index (χ2v) is 9.34. The third kappa shape index (κ3) is 4.53. The average Bonchev–Trinajstić information content (AvgIpc) is 3.17. The Morgan fingerprint density at radius 1 is 0.941 bits per heavy atom. The molecule has 1 fully saturated rings. The minimum atomic E-state index is 0.0479. The number of benzene rings is 2. The van der Waals surface area contributed by atoms with Crippen LogP contribution >= 0.6 is 23.2 Å². The fourth-order valence-electron chi connectivity index (χ4n) is 4.54. The van der Waals surface area contributed by atoms with E-state index < -0.39 is 0 Å². The molecule has 0 unspecified atom stereocenters. The Morgan fingerprint density at radius 2 is 1.65 bits per heavy atom. The lowest BCUT2D eigenvalue weighted by atomic mass is 10.0. The number of rotatable bonds is 5. The number of fused-ring (bicyclic) bond motifs is 1. The number of carbonyl (C=O) groups excluding carboxylic acids is 1. The molecule has 34 heavy (non-hydrogen) atoms. The molecular formula is C26H25Cl2N5O. The molecule has 0 N–H and O–H groups in total. The molecule has 0 spiro atoms. The van der Waals surface area contributed by atoms with Gasteiger partial charge in [0, 0.05) is 59.9 Å². The zero-order valence-electron chi connectivity index (χ0n) is 18.9. The number of piperazine rings is 1. The molecule has 1 aliphatic rings. The number of aromatic nitrogens is 3. The van der Waals surface area contributed by atoms with Crippen LogP contribution in [0, 0.1) is 6.92 Å². The van der Waals surface area contributed by atoms with Gasteiger partial charge in [0.25, 0.3) is 0 Å². The monoisotopic (exact) mass is 493 g/mol. The summed E-state index contributed by atoms with van der Waals surface area (Å²) in [4.78, 5) is 21.9. The minimum Gasteiger partial charge on any atom is -0.339 e. The molecule has 0 atom stereocenters. The van der Waals surface area contributed by atoms with Crippen molar-refractivity contribution in [1.82, 2.24) is 24.6 Å². The van der Waals surface area contributed by atoms with Gasteiger partial charge in [-0.25, -0.2) is 9.67 Å². The molecule has 1 saturated heterocycles. The van der Waals surface area contributed by atoms with Gasteiger partial charge in [0.2, 0.25) is 5.91 Å². The summed E-state index contributed by atoms with van der Waals surface area (Å²) in [5.41, 5.74) is 4.73. The first-order valence-electron chi connectivity index (χ1n) is 11.3. The molecule has 2 aromatic carbocycles. The van der Waals surface area contributed by atoms with Crippen LogP contribution in [0.25, 0.3) is 22.2 Å². The number of hydrogen-bond acceptors (Lipinski definition) is 4. The van der Waals surface area contributed by atoms with Crippen LogP contribution in [0.3, 0.4) is 0 Å². The van der Waals surface area contributed by atoms with Gasteiger partial charge in [-0.1, -0.05) is 59.6 Å². The molecule has 0 aliphatic carbocycles. The highest BCUT2D eigenvalue weighted by atomic mass is 35.5. The van der Waals surface area contributed by atoms with Gasteiger partial charge in [0.05, 0.1) is 5.69 Å². The summed E-state index contributed by atoms with van der Waals surface area (Å²) in [7, 11) is 0. The van der Waals surface area contributed by atoms with Crippen molar-refractivity contribution in [1.29, 1.82) is 0 Å². The highest BCUT2D eigenvalue weighted by Gasteiger charge is 2.24. The normalized spacial score (nSPS) is 14.6. The number of nitrogens with zero attached hydrogens (tertiary/aromatic N) is 5. The third-order valence-corrected chi connectivity index (χ3v) is 7.05. The van der Waals surface area contributed by atoms with Crippen molar-refractivity contribution in [3.05, 3.63) is 82.1 Å². The number of aryl methyl sites for hydroxylation is 1. The summed E-state index contributed by atoms with van der Waals surface area (Å²) in [6.07, 6.45) is 1.78. The summed E-state index contributed by atoms with van der Waals surface area (Å²) in [5, 5.41) is 7.01. The highest BCUT2D eigenvalue weighted by Crippen LogP contribution is 2.30. The minimum absolute atomic E-state index is 0.0479. The Hall–Kier alpha value is -2.93. The van der Waals surface area contributed by atoms with Crippen molar-refractivity contribution in [2.45, 2.75) is 20.0 Å². The molecule has 0 radical (unpaired) electrons. The molecular weight excluding hydrogens is 469 g/mol. The quantitative estimate of drug-likeness (QED) is 0.389. The third-order valence-electron chi connectivity index (χ3n) is 6.35. The zero-order valence-corrected chi connectivity index (χ0v) is 20.4. The Balaban J connectivity index is 1.28. The van der Waals surface area contributed by atoms with Gasteiger partial charge in [-0.2, -0.15) is 5.10 Å². The number of carbonyl (C=O) groups is 1. The first-order valence-corrected chi connectivity index (χ1v) is 12.1. The second-order valence-electron chi connectivity index (χ2n) is 8.52. The highest BCUT2D eigenvalue weighted by molar-refractivity contribution is 6.35. The molecule has 6 nitrogen and oxygen atoms in total. The largest absolute Gasteiger partial charge is 0.339 e. The smallest absolute Gasteiger partial charge is 0.244 e. The van der Waals surface area contributed by atoms with Crippen LogP contribution in [0.4, 0.5) is 0 Å². The van der Waals surface area contributed by atoms with Crippen molar-refractivity contribution in [3.8, 4) is 11.1 Å². The maximum atomic E-state index is 13.1. The SMILES string of the molecule is Cc1nn(CC(=O)N2CCN(Cc3c(Cl)cccc3Cl)CC2)c2nccc(-c3ccccc3)c12. The maximum Gasteiger partial charge on any atom is 0.244 e. The van der Waals surface area contributed by atoms with Crippen molar-refractivity contribution in [2.24, 2.45) is 0 Å². The van der Waals surface area contributed by atoms with Crippen LogP contribution in [0.1, 0.15) is 11.3 Å². The van der Waals surface area contributed by atoms with Gasteiger partial charge < -0.3 is 4.90 Å². The van der Waals surface area contributed by atoms with Crippen molar-refractivity contribution in [3.63, 3.8) is 0 Å². The average molecular weight is 494 g/mol. The molecule has 1 aliphatic heterocycles. The first kappa shape index (κ1) is 22.8. The number of pyridine rings is 1. The number of halogens is 2. The summed E-state index contributed by atoms with van der Waals surface area (Å²) in [5.74, 6) is 0.0479. The van der Waals surface area contributed by atoms with E-state index in [2.05, 4.69) is 27.1 Å². The van der Waals surface area contributed by atoms with E-state index in [0.29, 0.717) is 29.7 Å². The molecule has 5 rings (SSSR count). The molecule has 4 aromatic rings. The summed E-state index contributed by atoms with van der Waals surface area (Å²) < 4.78 is 1.73. The molecule has 1 amide bonds. The van der Waals surface area contributed by atoms with Gasteiger partial charge in [0.15, 0.2) is 5.65 Å². The lowest BCUT2D eigenvalue weighted by Gasteiger charge is -2.35. The Labute approximate surface area is 208 Å². The summed E-state index contributed by atoms with van der Waals surface area (Å²) >= 11 is 12.7. The molecule has 174 valence electrons. The van der Waals surface area contributed by atoms with Gasteiger partial charge in [0.1, 0.15) is 6.54 Å². The molecule has 3 heterocycles. The Morgan fingerprint density at radius 3 is 2.35 bits per heavy atom. The fraction of sp³-hybridized carbons (Fsp3) is 0.269. The van der Waals surface area contributed by atoms with E-state index in [1.165, 1.54) is 0 Å². The van der Waals surface area contributed by atoms with E-state index in [9.17, 15) is 4.79 Å². The topological polar surface area (TPSA) is 54.3 Å². The Kier molecular flexibility index (Phi) is 6.55. The first-order chi connectivity index (χ1) is 16.5. The summed E-state index contributed by atoms with van der Waals surface area (Å²) in [6.45, 7) is 5.66. The van der Waals surface area contributed by atoms with Crippen molar-refractivity contribution < 1.29 is 4.79 Å². The van der Waals surface area contributed by atoms with E-state index in [0.717, 1.165) is 46.5 Å². The van der Waals surface area contributed by atoms with Gasteiger partial charge in [-0.15, -0.1) is 0 Å². The summed E-state index contributed by atoms with van der Waals surface area (Å²) in [6, 6.07) is 17.8. The van der Waals surface area contributed by atoms with Crippen LogP contribution in [0.15, 0.2) is 60.8 Å².